The van der Waals surface area contributed by atoms with Crippen LogP contribution >= 0.6 is 0 Å². The summed E-state index contributed by atoms with van der Waals surface area (Å²) in [5.74, 6) is 0.141. The molecule has 26 heavy (non-hydrogen) atoms. The molecule has 7 heteroatoms. The molecule has 1 aromatic heterocycles. The number of nitrogens with one attached hydrogen (secondary N) is 1. The molecule has 7 nitrogen and oxygen atoms in total. The Morgan fingerprint density at radius 1 is 1.15 bits per heavy atom. The van der Waals surface area contributed by atoms with Gasteiger partial charge in [0.05, 0.1) is 18.5 Å². The van der Waals surface area contributed by atoms with Gasteiger partial charge in [-0.2, -0.15) is 0 Å². The lowest BCUT2D eigenvalue weighted by Gasteiger charge is -2.11. The fourth-order valence-electron chi connectivity index (χ4n) is 2.52. The molecule has 0 spiro atoms. The van der Waals surface area contributed by atoms with E-state index in [1.807, 2.05) is 6.07 Å². The van der Waals surface area contributed by atoms with Crippen LogP contribution in [0.3, 0.4) is 0 Å². The number of hydrogen-bond donors (Lipinski definition) is 2. The van der Waals surface area contributed by atoms with Crippen molar-refractivity contribution in [2.24, 2.45) is 4.99 Å². The highest BCUT2D eigenvalue weighted by atomic mass is 16.5. The summed E-state index contributed by atoms with van der Waals surface area (Å²) >= 11 is 0. The minimum Gasteiger partial charge on any atom is -0.497 e. The van der Waals surface area contributed by atoms with E-state index in [9.17, 15) is 14.7 Å². The van der Waals surface area contributed by atoms with Crippen LogP contribution in [0.2, 0.25) is 0 Å². The molecule has 1 heterocycles. The first-order valence-corrected chi connectivity index (χ1v) is 7.83. The number of aromatic nitrogens is 2. The third-order valence-corrected chi connectivity index (χ3v) is 3.87. The number of para-hydroxylation sites is 1. The van der Waals surface area contributed by atoms with E-state index < -0.39 is 17.1 Å². The fraction of sp³-hybridized carbons (Fsp3) is 0.105. The van der Waals surface area contributed by atoms with Gasteiger partial charge in [-0.1, -0.05) is 24.3 Å². The summed E-state index contributed by atoms with van der Waals surface area (Å²) in [6.07, 6.45) is 1.22. The van der Waals surface area contributed by atoms with Crippen LogP contribution in [0.4, 0.5) is 5.69 Å². The highest BCUT2D eigenvalue weighted by Gasteiger charge is 2.15. The van der Waals surface area contributed by atoms with E-state index in [0.29, 0.717) is 17.1 Å². The lowest BCUT2D eigenvalue weighted by atomic mass is 10.2. The third kappa shape index (κ3) is 3.27. The predicted molar refractivity (Wildman–Crippen MR) is 99.3 cm³/mol. The number of rotatable bonds is 4. The zero-order valence-electron chi connectivity index (χ0n) is 14.3. The van der Waals surface area contributed by atoms with Crippen LogP contribution in [0.5, 0.6) is 11.6 Å². The SMILES string of the molecule is COc1cccc(N=Cc2c(O)n(-c3ccccc3C)c(=O)[nH]c2=O)c1. The maximum atomic E-state index is 12.2. The number of aromatic amines is 1. The first-order valence-electron chi connectivity index (χ1n) is 7.83. The number of aliphatic imine (C=N–C) groups is 1. The molecular formula is C19H17N3O4. The summed E-state index contributed by atoms with van der Waals surface area (Å²) in [4.78, 5) is 30.7. The summed E-state index contributed by atoms with van der Waals surface area (Å²) in [6.45, 7) is 1.80. The van der Waals surface area contributed by atoms with Crippen LogP contribution in [0.1, 0.15) is 11.1 Å². The molecule has 2 N–H and O–H groups in total. The van der Waals surface area contributed by atoms with E-state index in [4.69, 9.17) is 4.74 Å². The number of aromatic hydroxyl groups is 1. The summed E-state index contributed by atoms with van der Waals surface area (Å²) in [7, 11) is 1.54. The molecule has 0 radical (unpaired) electrons. The van der Waals surface area contributed by atoms with E-state index in [-0.39, 0.29) is 5.56 Å². The molecule has 132 valence electrons. The fourth-order valence-corrected chi connectivity index (χ4v) is 2.52. The standard InChI is InChI=1S/C19H17N3O4/c1-12-6-3-4-9-16(12)22-18(24)15(17(23)21-19(22)25)11-20-13-7-5-8-14(10-13)26-2/h3-11,24H,1-2H3,(H,21,23,25). The Morgan fingerprint density at radius 2 is 1.92 bits per heavy atom. The number of ether oxygens (including phenoxy) is 1. The zero-order valence-corrected chi connectivity index (χ0v) is 14.3. The lowest BCUT2D eigenvalue weighted by molar-refractivity contribution is 0.415. The number of H-pyrrole nitrogens is 1. The first kappa shape index (κ1) is 17.2. The van der Waals surface area contributed by atoms with Crippen LogP contribution < -0.4 is 16.0 Å². The van der Waals surface area contributed by atoms with Gasteiger partial charge in [-0.25, -0.2) is 9.36 Å². The second kappa shape index (κ2) is 7.10. The van der Waals surface area contributed by atoms with Crippen molar-refractivity contribution in [2.75, 3.05) is 7.11 Å². The van der Waals surface area contributed by atoms with Crippen molar-refractivity contribution < 1.29 is 9.84 Å². The van der Waals surface area contributed by atoms with Crippen LogP contribution in [-0.4, -0.2) is 28.0 Å². The quantitative estimate of drug-likeness (QED) is 0.705. The monoisotopic (exact) mass is 351 g/mol. The van der Waals surface area contributed by atoms with Crippen LogP contribution in [-0.2, 0) is 0 Å². The molecule has 3 aromatic rings. The van der Waals surface area contributed by atoms with E-state index in [1.165, 1.54) is 13.3 Å². The Labute approximate surface area is 148 Å². The lowest BCUT2D eigenvalue weighted by Crippen LogP contribution is -2.31. The van der Waals surface area contributed by atoms with Gasteiger partial charge in [0.1, 0.15) is 11.3 Å². The summed E-state index contributed by atoms with van der Waals surface area (Å²) < 4.78 is 6.17. The maximum Gasteiger partial charge on any atom is 0.335 e. The number of benzene rings is 2. The average molecular weight is 351 g/mol. The number of aryl methyl sites for hydroxylation is 1. The van der Waals surface area contributed by atoms with Gasteiger partial charge < -0.3 is 9.84 Å². The minimum atomic E-state index is -0.722. The van der Waals surface area contributed by atoms with Crippen molar-refractivity contribution in [3.05, 3.63) is 80.5 Å². The molecule has 0 fully saturated rings. The summed E-state index contributed by atoms with van der Waals surface area (Å²) in [5.41, 5.74) is 0.228. The van der Waals surface area contributed by atoms with Crippen molar-refractivity contribution in [3.8, 4) is 17.3 Å². The van der Waals surface area contributed by atoms with Crippen molar-refractivity contribution in [2.45, 2.75) is 6.92 Å². The second-order valence-electron chi connectivity index (χ2n) is 5.58. The molecule has 0 aliphatic rings. The number of hydrogen-bond acceptors (Lipinski definition) is 5. The zero-order chi connectivity index (χ0) is 18.7. The van der Waals surface area contributed by atoms with Gasteiger partial charge in [0.25, 0.3) is 5.56 Å². The Morgan fingerprint density at radius 3 is 2.65 bits per heavy atom. The molecule has 3 rings (SSSR count). The van der Waals surface area contributed by atoms with E-state index >= 15 is 0 Å². The van der Waals surface area contributed by atoms with Gasteiger partial charge >= 0.3 is 5.69 Å². The third-order valence-electron chi connectivity index (χ3n) is 3.87. The molecule has 2 aromatic carbocycles. The summed E-state index contributed by atoms with van der Waals surface area (Å²) in [5, 5.41) is 10.5. The molecule has 0 saturated carbocycles. The molecule has 0 unspecified atom stereocenters. The first-order chi connectivity index (χ1) is 12.5. The van der Waals surface area contributed by atoms with Crippen LogP contribution in [0.25, 0.3) is 5.69 Å². The Balaban J connectivity index is 2.13. The predicted octanol–water partition coefficient (Wildman–Crippen LogP) is 2.30. The van der Waals surface area contributed by atoms with Crippen molar-refractivity contribution in [1.29, 1.82) is 0 Å². The van der Waals surface area contributed by atoms with Crippen molar-refractivity contribution in [3.63, 3.8) is 0 Å². The van der Waals surface area contributed by atoms with E-state index in [1.54, 1.807) is 49.4 Å². The summed E-state index contributed by atoms with van der Waals surface area (Å²) in [6, 6.07) is 14.0. The normalized spacial score (nSPS) is 11.0. The topological polar surface area (TPSA) is 96.7 Å². The Hall–Kier alpha value is -3.61. The van der Waals surface area contributed by atoms with Gasteiger partial charge in [-0.05, 0) is 30.7 Å². The van der Waals surface area contributed by atoms with E-state index in [2.05, 4.69) is 9.98 Å². The van der Waals surface area contributed by atoms with Gasteiger partial charge in [0.15, 0.2) is 0 Å². The average Bonchev–Trinajstić information content (AvgIpc) is 2.63. The second-order valence-corrected chi connectivity index (χ2v) is 5.58. The smallest absolute Gasteiger partial charge is 0.335 e. The van der Waals surface area contributed by atoms with Gasteiger partial charge in [-0.15, -0.1) is 0 Å². The largest absolute Gasteiger partial charge is 0.497 e. The molecule has 0 bridgehead atoms. The molecule has 0 amide bonds. The highest BCUT2D eigenvalue weighted by Crippen LogP contribution is 2.21. The molecule has 0 saturated heterocycles. The number of nitrogens with zero attached hydrogens (tertiary/aromatic N) is 2. The van der Waals surface area contributed by atoms with Crippen LogP contribution in [0, 0.1) is 6.92 Å². The molecular weight excluding hydrogens is 334 g/mol. The molecule has 0 aliphatic carbocycles. The molecule has 0 atom stereocenters. The van der Waals surface area contributed by atoms with Gasteiger partial charge in [0.2, 0.25) is 5.88 Å². The van der Waals surface area contributed by atoms with Gasteiger partial charge in [0, 0.05) is 12.3 Å². The van der Waals surface area contributed by atoms with E-state index in [0.717, 1.165) is 10.1 Å². The van der Waals surface area contributed by atoms with Crippen molar-refractivity contribution in [1.82, 2.24) is 9.55 Å². The highest BCUT2D eigenvalue weighted by molar-refractivity contribution is 5.84. The van der Waals surface area contributed by atoms with Crippen LogP contribution in [0.15, 0.2) is 63.1 Å². The Kier molecular flexibility index (Phi) is 4.70. The maximum absolute atomic E-state index is 12.2. The van der Waals surface area contributed by atoms with Crippen molar-refractivity contribution >= 4 is 11.9 Å². The number of methoxy groups -OCH3 is 1. The minimum absolute atomic E-state index is 0.115. The Bertz CT molecular complexity index is 1100. The van der Waals surface area contributed by atoms with Gasteiger partial charge in [-0.3, -0.25) is 14.8 Å². The molecule has 0 aliphatic heterocycles.